The molecule has 4 rings (SSSR count). The van der Waals surface area contributed by atoms with Crippen LogP contribution in [0.2, 0.25) is 5.02 Å². The number of anilines is 1. The van der Waals surface area contributed by atoms with E-state index in [2.05, 4.69) is 15.9 Å². The molecule has 0 bridgehead atoms. The second-order valence-corrected chi connectivity index (χ2v) is 9.72. The van der Waals surface area contributed by atoms with E-state index in [4.69, 9.17) is 21.1 Å². The Morgan fingerprint density at radius 1 is 1.03 bits per heavy atom. The van der Waals surface area contributed by atoms with Crippen LogP contribution in [-0.2, 0) is 27.0 Å². The van der Waals surface area contributed by atoms with Crippen LogP contribution in [0.5, 0.6) is 5.75 Å². The molecule has 184 valence electrons. The number of benzene rings is 3. The van der Waals surface area contributed by atoms with E-state index in [0.717, 1.165) is 10.5 Å². The molecule has 0 aromatic heterocycles. The Hall–Kier alpha value is -2.55. The summed E-state index contributed by atoms with van der Waals surface area (Å²) in [7, 11) is 0. The van der Waals surface area contributed by atoms with Crippen molar-refractivity contribution in [1.29, 1.82) is 0 Å². The lowest BCUT2D eigenvalue weighted by Gasteiger charge is -2.40. The van der Waals surface area contributed by atoms with Crippen molar-refractivity contribution in [2.45, 2.75) is 29.7 Å². The monoisotopic (exact) mass is 567 g/mol. The molecule has 1 heterocycles. The van der Waals surface area contributed by atoms with Gasteiger partial charge in [0.2, 0.25) is 0 Å². The van der Waals surface area contributed by atoms with Crippen molar-refractivity contribution in [3.05, 3.63) is 94.5 Å². The summed E-state index contributed by atoms with van der Waals surface area (Å²) in [5, 5.41) is 0.323. The molecule has 9 heteroatoms. The van der Waals surface area contributed by atoms with Gasteiger partial charge in [0.25, 0.3) is 0 Å². The zero-order valence-corrected chi connectivity index (χ0v) is 20.8. The quantitative estimate of drug-likeness (QED) is 0.125. The van der Waals surface area contributed by atoms with Crippen molar-refractivity contribution in [1.82, 2.24) is 0 Å². The molecule has 35 heavy (non-hydrogen) atoms. The predicted molar refractivity (Wildman–Crippen MR) is 132 cm³/mol. The topological polar surface area (TPSA) is 38.8 Å². The van der Waals surface area contributed by atoms with Gasteiger partial charge in [-0.1, -0.05) is 66.2 Å². The molecule has 0 radical (unpaired) electrons. The largest absolute Gasteiger partial charge is 0.491 e. The number of nitrogens with zero attached hydrogens (tertiary/aromatic N) is 1. The Labute approximate surface area is 214 Å². The van der Waals surface area contributed by atoms with E-state index in [1.54, 1.807) is 24.3 Å². The summed E-state index contributed by atoms with van der Waals surface area (Å²) < 4.78 is 52.0. The molecule has 4 nitrogen and oxygen atoms in total. The summed E-state index contributed by atoms with van der Waals surface area (Å²) in [6.45, 7) is 0.734. The minimum Gasteiger partial charge on any atom is -0.491 e. The van der Waals surface area contributed by atoms with Gasteiger partial charge in [-0.05, 0) is 45.3 Å². The molecule has 0 N–H and O–H groups in total. The number of rotatable bonds is 9. The van der Waals surface area contributed by atoms with Gasteiger partial charge >= 0.3 is 6.18 Å². The summed E-state index contributed by atoms with van der Waals surface area (Å²) in [4.78, 5) is 13.6. The van der Waals surface area contributed by atoms with Crippen molar-refractivity contribution >= 4 is 39.5 Å². The van der Waals surface area contributed by atoms with Crippen molar-refractivity contribution < 1.29 is 27.4 Å². The minimum absolute atomic E-state index is 0.112. The fourth-order valence-corrected chi connectivity index (χ4v) is 5.11. The number of aldehydes is 1. The molecular formula is C26H22BrClF3NO3. The molecule has 0 saturated carbocycles. The molecule has 2 unspecified atom stereocenters. The molecule has 0 fully saturated rings. The first-order chi connectivity index (χ1) is 16.7. The second kappa shape index (κ2) is 10.6. The molecule has 1 aliphatic rings. The Bertz CT molecular complexity index is 1180. The molecule has 3 aromatic carbocycles. The van der Waals surface area contributed by atoms with Gasteiger partial charge in [0.15, 0.2) is 10.7 Å². The summed E-state index contributed by atoms with van der Waals surface area (Å²) in [6, 6.07) is 18.7. The molecular weight excluding hydrogens is 547 g/mol. The van der Waals surface area contributed by atoms with Crippen LogP contribution in [-0.4, -0.2) is 31.7 Å². The third-order valence-electron chi connectivity index (χ3n) is 5.78. The highest BCUT2D eigenvalue weighted by Gasteiger charge is 2.55. The number of alkyl halides is 4. The van der Waals surface area contributed by atoms with Gasteiger partial charge in [-0.25, -0.2) is 0 Å². The molecule has 2 atom stereocenters. The number of para-hydroxylation sites is 1. The maximum absolute atomic E-state index is 14.1. The molecule has 0 saturated heterocycles. The van der Waals surface area contributed by atoms with E-state index in [1.165, 1.54) is 18.2 Å². The first-order valence-corrected chi connectivity index (χ1v) is 12.0. The van der Waals surface area contributed by atoms with Crippen LogP contribution in [0.3, 0.4) is 0 Å². The van der Waals surface area contributed by atoms with Crippen LogP contribution >= 0.6 is 27.5 Å². The van der Waals surface area contributed by atoms with Gasteiger partial charge < -0.3 is 14.4 Å². The maximum Gasteiger partial charge on any atom is 0.409 e. The summed E-state index contributed by atoms with van der Waals surface area (Å²) in [5.74, 6) is 0.190. The smallest absolute Gasteiger partial charge is 0.409 e. The number of ether oxygens (including phenoxy) is 2. The van der Waals surface area contributed by atoms with E-state index in [9.17, 15) is 18.0 Å². The van der Waals surface area contributed by atoms with Crippen molar-refractivity contribution in [2.24, 2.45) is 0 Å². The average molecular weight is 569 g/mol. The van der Waals surface area contributed by atoms with E-state index < -0.39 is 16.7 Å². The van der Waals surface area contributed by atoms with Gasteiger partial charge in [0.1, 0.15) is 18.4 Å². The fourth-order valence-electron chi connectivity index (χ4n) is 4.18. The number of hydrogen-bond acceptors (Lipinski definition) is 4. The fraction of sp³-hybridized carbons (Fsp3) is 0.269. The van der Waals surface area contributed by atoms with Gasteiger partial charge in [-0.3, -0.25) is 4.79 Å². The SMILES string of the molecule is O=CC(Br)(c1ccc(Cl)cc1OCCOCc1ccccc1)N1c2ccccc2CC1C(F)(F)F. The normalized spacial score (nSPS) is 17.1. The van der Waals surface area contributed by atoms with Crippen molar-refractivity contribution in [3.63, 3.8) is 0 Å². The molecule has 1 aliphatic heterocycles. The zero-order chi connectivity index (χ0) is 25.1. The number of carbonyl (C=O) groups excluding carboxylic acids is 1. The van der Waals surface area contributed by atoms with Crippen LogP contribution < -0.4 is 9.64 Å². The highest BCUT2D eigenvalue weighted by atomic mass is 79.9. The van der Waals surface area contributed by atoms with Gasteiger partial charge in [-0.2, -0.15) is 13.2 Å². The number of halogens is 5. The van der Waals surface area contributed by atoms with Crippen molar-refractivity contribution in [3.8, 4) is 5.75 Å². The lowest BCUT2D eigenvalue weighted by molar-refractivity contribution is -0.149. The molecule has 0 amide bonds. The van der Waals surface area contributed by atoms with Crippen LogP contribution in [0.15, 0.2) is 72.8 Å². The molecule has 0 spiro atoms. The van der Waals surface area contributed by atoms with Gasteiger partial charge in [0, 0.05) is 22.7 Å². The first-order valence-electron chi connectivity index (χ1n) is 10.9. The summed E-state index contributed by atoms with van der Waals surface area (Å²) in [6.07, 6.45) is -4.38. The molecule has 3 aromatic rings. The Morgan fingerprint density at radius 2 is 1.74 bits per heavy atom. The minimum atomic E-state index is -4.57. The second-order valence-electron chi connectivity index (χ2n) is 8.08. The Morgan fingerprint density at radius 3 is 2.46 bits per heavy atom. The number of carbonyl (C=O) groups is 1. The number of hydrogen-bond donors (Lipinski definition) is 0. The van der Waals surface area contributed by atoms with Crippen LogP contribution in [0, 0.1) is 0 Å². The highest BCUT2D eigenvalue weighted by Crippen LogP contribution is 2.50. The van der Waals surface area contributed by atoms with E-state index in [0.29, 0.717) is 29.2 Å². The average Bonchev–Trinajstić information content (AvgIpc) is 3.25. The summed E-state index contributed by atoms with van der Waals surface area (Å²) in [5.41, 5.74) is 2.05. The number of fused-ring (bicyclic) bond motifs is 1. The Balaban J connectivity index is 1.60. The van der Waals surface area contributed by atoms with Gasteiger partial charge in [0.05, 0.1) is 13.2 Å². The third-order valence-corrected chi connectivity index (χ3v) is 7.01. The first kappa shape index (κ1) is 25.5. The van der Waals surface area contributed by atoms with E-state index >= 15 is 0 Å². The van der Waals surface area contributed by atoms with Crippen LogP contribution in [0.1, 0.15) is 16.7 Å². The third kappa shape index (κ3) is 5.50. The lowest BCUT2D eigenvalue weighted by Crippen LogP contribution is -2.53. The van der Waals surface area contributed by atoms with Crippen LogP contribution in [0.25, 0.3) is 0 Å². The van der Waals surface area contributed by atoms with E-state index in [-0.39, 0.29) is 30.9 Å². The zero-order valence-electron chi connectivity index (χ0n) is 18.5. The van der Waals surface area contributed by atoms with E-state index in [1.807, 2.05) is 30.3 Å². The van der Waals surface area contributed by atoms with Crippen LogP contribution in [0.4, 0.5) is 18.9 Å². The standard InChI is InChI=1S/C26H22BrClF3NO3/c27-25(17-33,32-22-9-5-4-8-19(22)14-24(32)26(29,30)31)21-11-10-20(28)15-23(21)35-13-12-34-16-18-6-2-1-3-7-18/h1-11,15,17,24H,12-14,16H2. The van der Waals surface area contributed by atoms with Gasteiger partial charge in [-0.15, -0.1) is 0 Å². The highest BCUT2D eigenvalue weighted by molar-refractivity contribution is 9.10. The Kier molecular flexibility index (Phi) is 7.73. The predicted octanol–water partition coefficient (Wildman–Crippen LogP) is 6.68. The summed E-state index contributed by atoms with van der Waals surface area (Å²) >= 11 is 9.52. The lowest BCUT2D eigenvalue weighted by atomic mass is 10.0. The van der Waals surface area contributed by atoms with Crippen molar-refractivity contribution in [2.75, 3.05) is 18.1 Å². The molecule has 0 aliphatic carbocycles. The maximum atomic E-state index is 14.1.